The van der Waals surface area contributed by atoms with Crippen LogP contribution in [0.3, 0.4) is 0 Å². The van der Waals surface area contributed by atoms with Crippen LogP contribution in [0.25, 0.3) is 0 Å². The minimum atomic E-state index is -0.239. The third-order valence-corrected chi connectivity index (χ3v) is 3.81. The van der Waals surface area contributed by atoms with Crippen molar-refractivity contribution in [3.63, 3.8) is 0 Å². The molecule has 0 bridgehead atoms. The zero-order chi connectivity index (χ0) is 16.1. The normalized spacial score (nSPS) is 15.6. The van der Waals surface area contributed by atoms with E-state index in [1.54, 1.807) is 4.90 Å². The summed E-state index contributed by atoms with van der Waals surface area (Å²) in [6.45, 7) is 1.03. The number of phenolic OH excluding ortho intramolecular Hbond substituents is 2. The minimum Gasteiger partial charge on any atom is -0.508 e. The molecule has 2 rings (SSSR count). The Labute approximate surface area is 133 Å². The van der Waals surface area contributed by atoms with Crippen LogP contribution in [0.4, 0.5) is 0 Å². The van der Waals surface area contributed by atoms with Crippen molar-refractivity contribution in [3.8, 4) is 11.5 Å². The fraction of sp³-hybridized carbons (Fsp3) is 0.467. The summed E-state index contributed by atoms with van der Waals surface area (Å²) in [4.78, 5) is 25.5. The molecule has 0 aliphatic carbocycles. The van der Waals surface area contributed by atoms with Crippen LogP contribution in [0.5, 0.6) is 11.5 Å². The summed E-state index contributed by atoms with van der Waals surface area (Å²) in [5.74, 6) is -0.308. The van der Waals surface area contributed by atoms with E-state index >= 15 is 0 Å². The summed E-state index contributed by atoms with van der Waals surface area (Å²) in [7, 11) is 0. The molecule has 1 aromatic carbocycles. The Bertz CT molecular complexity index is 536. The number of hydrogen-bond acceptors (Lipinski definition) is 4. The molecule has 1 aliphatic rings. The molecule has 1 aromatic rings. The second kappa shape index (κ2) is 7.35. The molecule has 1 aliphatic heterocycles. The monoisotopic (exact) mass is 326 g/mol. The highest BCUT2D eigenvalue weighted by molar-refractivity contribution is 6.18. The molecule has 3 N–H and O–H groups in total. The van der Waals surface area contributed by atoms with Gasteiger partial charge in [-0.1, -0.05) is 0 Å². The Morgan fingerprint density at radius 1 is 1.18 bits per heavy atom. The molecule has 1 fully saturated rings. The number of rotatable bonds is 4. The molecule has 2 amide bonds. The lowest BCUT2D eigenvalue weighted by molar-refractivity contribution is -0.121. The molecule has 0 atom stereocenters. The summed E-state index contributed by atoms with van der Waals surface area (Å²) >= 11 is 5.52. The number of hydrogen-bond donors (Lipinski definition) is 3. The van der Waals surface area contributed by atoms with E-state index in [0.29, 0.717) is 38.2 Å². The fourth-order valence-corrected chi connectivity index (χ4v) is 2.69. The lowest BCUT2D eigenvalue weighted by Gasteiger charge is -2.32. The topological polar surface area (TPSA) is 89.9 Å². The van der Waals surface area contributed by atoms with Gasteiger partial charge in [-0.05, 0) is 25.0 Å². The Hall–Kier alpha value is -1.95. The molecular formula is C15H19ClN2O4. The maximum Gasteiger partial charge on any atom is 0.254 e. The van der Waals surface area contributed by atoms with Crippen molar-refractivity contribution in [1.29, 1.82) is 0 Å². The molecule has 22 heavy (non-hydrogen) atoms. The number of phenols is 2. The highest BCUT2D eigenvalue weighted by Crippen LogP contribution is 2.22. The van der Waals surface area contributed by atoms with Crippen LogP contribution in [0, 0.1) is 0 Å². The second-order valence-electron chi connectivity index (χ2n) is 5.31. The van der Waals surface area contributed by atoms with E-state index in [-0.39, 0.29) is 34.9 Å². The first kappa shape index (κ1) is 16.4. The number of alkyl halides is 1. The Morgan fingerprint density at radius 2 is 1.77 bits per heavy atom. The van der Waals surface area contributed by atoms with Crippen LogP contribution in [0.1, 0.15) is 29.6 Å². The first-order chi connectivity index (χ1) is 10.5. The van der Waals surface area contributed by atoms with Crippen LogP contribution in [-0.4, -0.2) is 51.9 Å². The van der Waals surface area contributed by atoms with Gasteiger partial charge in [-0.15, -0.1) is 11.6 Å². The largest absolute Gasteiger partial charge is 0.508 e. The SMILES string of the molecule is O=C(CCCl)NC1CCN(C(=O)c2cc(O)cc(O)c2)CC1. The standard InChI is InChI=1S/C15H19ClN2O4/c16-4-1-14(21)17-11-2-5-18(6-3-11)15(22)10-7-12(19)9-13(20)8-10/h7-9,11,19-20H,1-6H2,(H,17,21). The first-order valence-corrected chi connectivity index (χ1v) is 7.70. The van der Waals surface area contributed by atoms with Gasteiger partial charge < -0.3 is 20.4 Å². The van der Waals surface area contributed by atoms with Crippen molar-refractivity contribution in [3.05, 3.63) is 23.8 Å². The number of nitrogens with one attached hydrogen (secondary N) is 1. The van der Waals surface area contributed by atoms with Crippen LogP contribution < -0.4 is 5.32 Å². The van der Waals surface area contributed by atoms with E-state index in [9.17, 15) is 19.8 Å². The number of carbonyl (C=O) groups excluding carboxylic acids is 2. The van der Waals surface area contributed by atoms with Crippen molar-refractivity contribution >= 4 is 23.4 Å². The van der Waals surface area contributed by atoms with Crippen LogP contribution in [0.15, 0.2) is 18.2 Å². The van der Waals surface area contributed by atoms with Gasteiger partial charge in [0.2, 0.25) is 5.91 Å². The second-order valence-corrected chi connectivity index (χ2v) is 5.69. The quantitative estimate of drug-likeness (QED) is 0.730. The van der Waals surface area contributed by atoms with Gasteiger partial charge in [0.1, 0.15) is 11.5 Å². The van der Waals surface area contributed by atoms with Crippen LogP contribution in [0.2, 0.25) is 0 Å². The molecule has 0 unspecified atom stereocenters. The Kier molecular flexibility index (Phi) is 5.49. The van der Waals surface area contributed by atoms with Gasteiger partial charge in [0.25, 0.3) is 5.91 Å². The molecule has 7 heteroatoms. The van der Waals surface area contributed by atoms with Gasteiger partial charge in [-0.25, -0.2) is 0 Å². The van der Waals surface area contributed by atoms with Gasteiger partial charge in [0, 0.05) is 43.1 Å². The molecule has 6 nitrogen and oxygen atoms in total. The van der Waals surface area contributed by atoms with Crippen molar-refractivity contribution in [1.82, 2.24) is 10.2 Å². The minimum absolute atomic E-state index is 0.0531. The third-order valence-electron chi connectivity index (χ3n) is 3.62. The highest BCUT2D eigenvalue weighted by atomic mass is 35.5. The van der Waals surface area contributed by atoms with Gasteiger partial charge in [-0.2, -0.15) is 0 Å². The number of halogens is 1. The lowest BCUT2D eigenvalue weighted by Crippen LogP contribution is -2.46. The number of nitrogens with zero attached hydrogens (tertiary/aromatic N) is 1. The maximum atomic E-state index is 12.3. The maximum absolute atomic E-state index is 12.3. The Morgan fingerprint density at radius 3 is 2.32 bits per heavy atom. The molecule has 120 valence electrons. The third kappa shape index (κ3) is 4.27. The average Bonchev–Trinajstić information content (AvgIpc) is 2.46. The van der Waals surface area contributed by atoms with Crippen LogP contribution in [-0.2, 0) is 4.79 Å². The fourth-order valence-electron chi connectivity index (χ4n) is 2.51. The smallest absolute Gasteiger partial charge is 0.254 e. The average molecular weight is 327 g/mol. The molecular weight excluding hydrogens is 308 g/mol. The zero-order valence-corrected chi connectivity index (χ0v) is 12.8. The van der Waals surface area contributed by atoms with E-state index in [0.717, 1.165) is 0 Å². The number of benzene rings is 1. The predicted molar refractivity (Wildman–Crippen MR) is 82.2 cm³/mol. The summed E-state index contributed by atoms with van der Waals surface area (Å²) < 4.78 is 0. The summed E-state index contributed by atoms with van der Waals surface area (Å²) in [6.07, 6.45) is 1.64. The van der Waals surface area contributed by atoms with Gasteiger partial charge in [0.05, 0.1) is 0 Å². The van der Waals surface area contributed by atoms with Gasteiger partial charge in [-0.3, -0.25) is 9.59 Å². The van der Waals surface area contributed by atoms with E-state index in [1.807, 2.05) is 0 Å². The zero-order valence-electron chi connectivity index (χ0n) is 12.1. The number of piperidine rings is 1. The Balaban J connectivity index is 1.91. The van der Waals surface area contributed by atoms with E-state index < -0.39 is 0 Å². The predicted octanol–water partition coefficient (Wildman–Crippen LogP) is 1.45. The summed E-state index contributed by atoms with van der Waals surface area (Å²) in [5.41, 5.74) is 0.252. The molecule has 0 saturated carbocycles. The van der Waals surface area contributed by atoms with Gasteiger partial charge >= 0.3 is 0 Å². The molecule has 0 radical (unpaired) electrons. The number of carbonyl (C=O) groups is 2. The molecule has 0 spiro atoms. The highest BCUT2D eigenvalue weighted by Gasteiger charge is 2.24. The number of amides is 2. The van der Waals surface area contributed by atoms with Crippen LogP contribution >= 0.6 is 11.6 Å². The first-order valence-electron chi connectivity index (χ1n) is 7.17. The van der Waals surface area contributed by atoms with E-state index in [4.69, 9.17) is 11.6 Å². The van der Waals surface area contributed by atoms with E-state index in [1.165, 1.54) is 18.2 Å². The van der Waals surface area contributed by atoms with Gasteiger partial charge in [0.15, 0.2) is 0 Å². The number of aromatic hydroxyl groups is 2. The van der Waals surface area contributed by atoms with Crippen molar-refractivity contribution < 1.29 is 19.8 Å². The molecule has 1 saturated heterocycles. The summed E-state index contributed by atoms with van der Waals surface area (Å²) in [5, 5.41) is 21.8. The van der Waals surface area contributed by atoms with Crippen molar-refractivity contribution in [2.45, 2.75) is 25.3 Å². The van der Waals surface area contributed by atoms with Crippen molar-refractivity contribution in [2.24, 2.45) is 0 Å². The molecule has 1 heterocycles. The molecule has 0 aromatic heterocycles. The van der Waals surface area contributed by atoms with Crippen molar-refractivity contribution in [2.75, 3.05) is 19.0 Å². The van der Waals surface area contributed by atoms with E-state index in [2.05, 4.69) is 5.32 Å². The number of likely N-dealkylation sites (tertiary alicyclic amines) is 1. The lowest BCUT2D eigenvalue weighted by atomic mass is 10.0. The summed E-state index contributed by atoms with van der Waals surface area (Å²) in [6, 6.07) is 3.89.